The number of rotatable bonds is 4. The molecule has 0 spiro atoms. The lowest BCUT2D eigenvalue weighted by atomic mass is 9.98. The van der Waals surface area contributed by atoms with E-state index in [1.54, 1.807) is 0 Å². The fourth-order valence-electron chi connectivity index (χ4n) is 3.24. The van der Waals surface area contributed by atoms with Crippen LogP contribution in [0.4, 0.5) is 5.69 Å². The Hall–Kier alpha value is -0.990. The van der Waals surface area contributed by atoms with E-state index >= 15 is 0 Å². The fourth-order valence-corrected chi connectivity index (χ4v) is 5.74. The molecule has 1 heterocycles. The normalized spacial score (nSPS) is 22.5. The second kappa shape index (κ2) is 6.96. The third-order valence-electron chi connectivity index (χ3n) is 4.24. The maximum atomic E-state index is 13.0. The van der Waals surface area contributed by atoms with Crippen LogP contribution in [0.1, 0.15) is 39.5 Å². The Morgan fingerprint density at radius 2 is 1.88 bits per heavy atom. The maximum Gasteiger partial charge on any atom is 0.263 e. The van der Waals surface area contributed by atoms with Crippen LogP contribution in [0.15, 0.2) is 22.6 Å². The van der Waals surface area contributed by atoms with Crippen LogP contribution in [0, 0.1) is 0 Å². The Labute approximate surface area is 156 Å². The average Bonchev–Trinajstić information content (AvgIpc) is 2.78. The minimum atomic E-state index is -3.83. The number of hydrogen-bond donors (Lipinski definition) is 1. The van der Waals surface area contributed by atoms with Crippen molar-refractivity contribution in [1.82, 2.24) is 0 Å². The lowest BCUT2D eigenvalue weighted by Gasteiger charge is -2.26. The summed E-state index contributed by atoms with van der Waals surface area (Å²) in [5, 5.41) is 9.73. The number of benzene rings is 1. The molecule has 6 nitrogen and oxygen atoms in total. The predicted molar refractivity (Wildman–Crippen MR) is 96.6 cm³/mol. The van der Waals surface area contributed by atoms with Gasteiger partial charge in [0.05, 0.1) is 26.7 Å². The number of sulfonamides is 1. The number of halogens is 2. The molecule has 0 aromatic heterocycles. The zero-order valence-corrected chi connectivity index (χ0v) is 16.2. The van der Waals surface area contributed by atoms with Gasteiger partial charge in [-0.1, -0.05) is 23.2 Å². The molecule has 1 N–H and O–H groups in total. The van der Waals surface area contributed by atoms with Gasteiger partial charge in [-0.3, -0.25) is 0 Å². The van der Waals surface area contributed by atoms with Crippen LogP contribution in [0.25, 0.3) is 0 Å². The Balaban J connectivity index is 2.08. The van der Waals surface area contributed by atoms with Crippen molar-refractivity contribution in [2.75, 3.05) is 4.31 Å². The standard InChI is InChI=1S/C16H19Cl2NO5S/c1-9(2)23-14-8-11(17)13(7-12(14)18)19-16(24-20)10-5-3-4-6-15(10)25(19,21)22/h7-9,16,20H,3-6H2,1-2H3. The van der Waals surface area contributed by atoms with Crippen molar-refractivity contribution >= 4 is 38.9 Å². The van der Waals surface area contributed by atoms with Crippen LogP contribution in [0.2, 0.25) is 10.0 Å². The van der Waals surface area contributed by atoms with Crippen molar-refractivity contribution < 1.29 is 23.3 Å². The van der Waals surface area contributed by atoms with Gasteiger partial charge in [0.2, 0.25) is 6.23 Å². The lowest BCUT2D eigenvalue weighted by Crippen LogP contribution is -2.37. The minimum absolute atomic E-state index is 0.113. The highest BCUT2D eigenvalue weighted by molar-refractivity contribution is 7.97. The van der Waals surface area contributed by atoms with Gasteiger partial charge in [-0.25, -0.2) is 22.9 Å². The predicted octanol–water partition coefficient (Wildman–Crippen LogP) is 4.57. The van der Waals surface area contributed by atoms with Crippen molar-refractivity contribution in [3.05, 3.63) is 32.7 Å². The van der Waals surface area contributed by atoms with E-state index in [1.807, 2.05) is 13.8 Å². The van der Waals surface area contributed by atoms with Crippen LogP contribution in [-0.2, 0) is 14.9 Å². The van der Waals surface area contributed by atoms with Gasteiger partial charge in [0.15, 0.2) is 0 Å². The van der Waals surface area contributed by atoms with Gasteiger partial charge < -0.3 is 4.74 Å². The monoisotopic (exact) mass is 407 g/mol. The summed E-state index contributed by atoms with van der Waals surface area (Å²) < 4.78 is 32.5. The molecule has 0 bridgehead atoms. The van der Waals surface area contributed by atoms with E-state index in [-0.39, 0.29) is 21.8 Å². The largest absolute Gasteiger partial charge is 0.489 e. The summed E-state index contributed by atoms with van der Waals surface area (Å²) in [5.41, 5.74) is 0.722. The first-order valence-corrected chi connectivity index (χ1v) is 10.2. The first-order chi connectivity index (χ1) is 11.8. The van der Waals surface area contributed by atoms with Crippen molar-refractivity contribution in [1.29, 1.82) is 0 Å². The summed E-state index contributed by atoms with van der Waals surface area (Å²) >= 11 is 12.6. The van der Waals surface area contributed by atoms with E-state index in [0.717, 1.165) is 17.1 Å². The van der Waals surface area contributed by atoms with Gasteiger partial charge in [0, 0.05) is 6.07 Å². The molecule has 1 unspecified atom stereocenters. The van der Waals surface area contributed by atoms with Crippen molar-refractivity contribution in [3.8, 4) is 5.75 Å². The molecule has 0 saturated carbocycles. The molecule has 0 fully saturated rings. The molecular formula is C16H19Cl2NO5S. The SMILES string of the molecule is CC(C)Oc1cc(Cl)c(N2C(OO)C3=C(CCCC3)S2(=O)=O)cc1Cl. The molecule has 1 aliphatic carbocycles. The van der Waals surface area contributed by atoms with E-state index in [0.29, 0.717) is 29.1 Å². The topological polar surface area (TPSA) is 76.1 Å². The Morgan fingerprint density at radius 3 is 2.52 bits per heavy atom. The Kier molecular flexibility index (Phi) is 5.23. The third kappa shape index (κ3) is 3.24. The molecule has 25 heavy (non-hydrogen) atoms. The van der Waals surface area contributed by atoms with Gasteiger partial charge in [-0.05, 0) is 51.2 Å². The van der Waals surface area contributed by atoms with Crippen molar-refractivity contribution in [2.24, 2.45) is 0 Å². The van der Waals surface area contributed by atoms with E-state index in [4.69, 9.17) is 27.9 Å². The van der Waals surface area contributed by atoms with Crippen LogP contribution in [-0.4, -0.2) is 26.0 Å². The highest BCUT2D eigenvalue weighted by Gasteiger charge is 2.47. The molecule has 1 aromatic rings. The van der Waals surface area contributed by atoms with E-state index < -0.39 is 16.3 Å². The van der Waals surface area contributed by atoms with E-state index in [2.05, 4.69) is 4.89 Å². The highest BCUT2D eigenvalue weighted by Crippen LogP contribution is 2.47. The first-order valence-electron chi connectivity index (χ1n) is 7.99. The summed E-state index contributed by atoms with van der Waals surface area (Å²) in [6.45, 7) is 3.69. The molecule has 9 heteroatoms. The Bertz CT molecular complexity index is 822. The lowest BCUT2D eigenvalue weighted by molar-refractivity contribution is -0.265. The maximum absolute atomic E-state index is 13.0. The second-order valence-corrected chi connectivity index (χ2v) is 8.97. The number of hydrogen-bond acceptors (Lipinski definition) is 5. The summed E-state index contributed by atoms with van der Waals surface area (Å²) in [6.07, 6.45) is 1.37. The summed E-state index contributed by atoms with van der Waals surface area (Å²) in [7, 11) is -3.83. The van der Waals surface area contributed by atoms with Crippen LogP contribution in [0.5, 0.6) is 5.75 Å². The summed E-state index contributed by atoms with van der Waals surface area (Å²) in [4.78, 5) is 4.83. The third-order valence-corrected chi connectivity index (χ3v) is 6.83. The average molecular weight is 408 g/mol. The molecule has 0 saturated heterocycles. The van der Waals surface area contributed by atoms with E-state index in [1.165, 1.54) is 12.1 Å². The van der Waals surface area contributed by atoms with Crippen LogP contribution < -0.4 is 9.04 Å². The summed E-state index contributed by atoms with van der Waals surface area (Å²) in [6, 6.07) is 2.89. The molecule has 0 amide bonds. The molecular weight excluding hydrogens is 389 g/mol. The second-order valence-electron chi connectivity index (χ2n) is 6.31. The molecule has 138 valence electrons. The molecule has 1 aromatic carbocycles. The van der Waals surface area contributed by atoms with Crippen LogP contribution >= 0.6 is 23.2 Å². The van der Waals surface area contributed by atoms with Gasteiger partial charge in [-0.15, -0.1) is 0 Å². The molecule has 3 rings (SSSR count). The number of ether oxygens (including phenoxy) is 1. The molecule has 0 radical (unpaired) electrons. The van der Waals surface area contributed by atoms with Crippen molar-refractivity contribution in [3.63, 3.8) is 0 Å². The fraction of sp³-hybridized carbons (Fsp3) is 0.500. The van der Waals surface area contributed by atoms with Crippen LogP contribution in [0.3, 0.4) is 0 Å². The molecule has 2 aliphatic rings. The van der Waals surface area contributed by atoms with Gasteiger partial charge in [-0.2, -0.15) is 0 Å². The zero-order valence-electron chi connectivity index (χ0n) is 13.8. The Morgan fingerprint density at radius 1 is 1.20 bits per heavy atom. The van der Waals surface area contributed by atoms with E-state index in [9.17, 15) is 13.7 Å². The zero-order chi connectivity index (χ0) is 18.4. The molecule has 1 aliphatic heterocycles. The number of nitrogens with zero attached hydrogens (tertiary/aromatic N) is 1. The minimum Gasteiger partial charge on any atom is -0.489 e. The van der Waals surface area contributed by atoms with Gasteiger partial charge >= 0.3 is 0 Å². The van der Waals surface area contributed by atoms with Gasteiger partial charge in [0.1, 0.15) is 5.75 Å². The summed E-state index contributed by atoms with van der Waals surface area (Å²) in [5.74, 6) is 0.362. The van der Waals surface area contributed by atoms with Gasteiger partial charge in [0.25, 0.3) is 10.0 Å². The number of allylic oxidation sites excluding steroid dienone is 1. The first kappa shape index (κ1) is 18.8. The molecule has 1 atom stereocenters. The van der Waals surface area contributed by atoms with Crippen molar-refractivity contribution in [2.45, 2.75) is 51.9 Å². The smallest absolute Gasteiger partial charge is 0.263 e. The highest BCUT2D eigenvalue weighted by atomic mass is 35.5. The quantitative estimate of drug-likeness (QED) is 0.583. The number of anilines is 1.